The van der Waals surface area contributed by atoms with E-state index in [1.54, 1.807) is 26.2 Å². The van der Waals surface area contributed by atoms with Crippen LogP contribution in [-0.4, -0.2) is 37.0 Å². The van der Waals surface area contributed by atoms with Crippen LogP contribution in [0.3, 0.4) is 0 Å². The molecule has 1 rings (SSSR count). The van der Waals surface area contributed by atoms with Gasteiger partial charge in [0.05, 0.1) is 5.71 Å². The molecule has 0 spiro atoms. The molecule has 0 saturated heterocycles. The third-order valence-corrected chi connectivity index (χ3v) is 5.44. The van der Waals surface area contributed by atoms with Crippen molar-refractivity contribution in [1.82, 2.24) is 10.7 Å². The summed E-state index contributed by atoms with van der Waals surface area (Å²) in [6.07, 6.45) is 4.94. The summed E-state index contributed by atoms with van der Waals surface area (Å²) in [6, 6.07) is 9.38. The van der Waals surface area contributed by atoms with Gasteiger partial charge in [-0.15, -0.1) is 0 Å². The first-order chi connectivity index (χ1) is 16.6. The molecule has 1 aromatic rings. The zero-order valence-electron chi connectivity index (χ0n) is 21.1. The lowest BCUT2D eigenvalue weighted by Gasteiger charge is -2.24. The molecule has 188 valence electrons. The largest absolute Gasteiger partial charge is 0.483 e. The predicted octanol–water partition coefficient (Wildman–Crippen LogP) is 2.75. The number of hydrogen-bond acceptors (Lipinski definition) is 7. The molecule has 35 heavy (non-hydrogen) atoms. The number of amides is 2. The Bertz CT molecular complexity index is 1020. The molecular weight excluding hydrogens is 446 g/mol. The number of benzene rings is 1. The number of nitrogens with one attached hydrogen (secondary N) is 2. The third-order valence-electron chi connectivity index (χ3n) is 5.44. The molecule has 1 aromatic carbocycles. The Balaban J connectivity index is 3.84. The van der Waals surface area contributed by atoms with E-state index in [1.165, 1.54) is 0 Å². The van der Waals surface area contributed by atoms with Gasteiger partial charge in [-0.3, -0.25) is 19.7 Å². The number of nitriles is 1. The number of nitrogens with zero attached hydrogens (tertiary/aromatic N) is 2. The predicted molar refractivity (Wildman–Crippen MR) is 135 cm³/mol. The summed E-state index contributed by atoms with van der Waals surface area (Å²) in [5.41, 5.74) is 10.2. The van der Waals surface area contributed by atoms with Crippen molar-refractivity contribution in [2.75, 3.05) is 13.7 Å². The minimum absolute atomic E-state index is 0.194. The second kappa shape index (κ2) is 15.1. The highest BCUT2D eigenvalue weighted by atomic mass is 16.5. The van der Waals surface area contributed by atoms with Gasteiger partial charge in [0, 0.05) is 30.7 Å². The van der Waals surface area contributed by atoms with E-state index in [0.717, 1.165) is 12.0 Å². The molecule has 0 bridgehead atoms. The maximum atomic E-state index is 13.2. The summed E-state index contributed by atoms with van der Waals surface area (Å²) in [6.45, 7) is 7.25. The number of rotatable bonds is 14. The van der Waals surface area contributed by atoms with Gasteiger partial charge in [0.2, 0.25) is 5.78 Å². The van der Waals surface area contributed by atoms with Crippen LogP contribution in [0, 0.1) is 23.3 Å². The Labute approximate surface area is 207 Å². The minimum Gasteiger partial charge on any atom is -0.483 e. The van der Waals surface area contributed by atoms with Crippen molar-refractivity contribution in [2.24, 2.45) is 22.7 Å². The molecule has 9 heteroatoms. The second-order valence-electron chi connectivity index (χ2n) is 8.33. The summed E-state index contributed by atoms with van der Waals surface area (Å²) >= 11 is 0. The number of ether oxygens (including phenoxy) is 1. The molecule has 0 fully saturated rings. The quantitative estimate of drug-likeness (QED) is 0.0544. The Hall–Kier alpha value is -3.93. The van der Waals surface area contributed by atoms with Crippen LogP contribution in [0.5, 0.6) is 0 Å². The topological polar surface area (TPSA) is 147 Å². The fourth-order valence-electron chi connectivity index (χ4n) is 3.65. The monoisotopic (exact) mass is 481 g/mol. The zero-order valence-corrected chi connectivity index (χ0v) is 21.1. The molecule has 9 nitrogen and oxygen atoms in total. The highest BCUT2D eigenvalue weighted by Crippen LogP contribution is 2.31. The van der Waals surface area contributed by atoms with Crippen LogP contribution in [0.2, 0.25) is 0 Å². The number of carbonyl (C=O) groups excluding carboxylic acids is 3. The third kappa shape index (κ3) is 9.84. The number of carbonyl (C=O) groups is 3. The van der Waals surface area contributed by atoms with Crippen LogP contribution in [0.15, 0.2) is 58.4 Å². The van der Waals surface area contributed by atoms with Gasteiger partial charge in [0.15, 0.2) is 12.8 Å². The van der Waals surface area contributed by atoms with Gasteiger partial charge in [-0.25, -0.2) is 0 Å². The van der Waals surface area contributed by atoms with Gasteiger partial charge in [-0.05, 0) is 30.7 Å². The lowest BCUT2D eigenvalue weighted by molar-refractivity contribution is -0.134. The van der Waals surface area contributed by atoms with Crippen LogP contribution in [0.1, 0.15) is 46.1 Å². The first kappa shape index (κ1) is 29.1. The normalized spacial score (nSPS) is 14.2. The number of ketones is 1. The van der Waals surface area contributed by atoms with E-state index >= 15 is 0 Å². The Kier molecular flexibility index (Phi) is 12.5. The van der Waals surface area contributed by atoms with E-state index in [-0.39, 0.29) is 23.7 Å². The van der Waals surface area contributed by atoms with Crippen LogP contribution < -0.4 is 16.5 Å². The first-order valence-electron chi connectivity index (χ1n) is 11.5. The Morgan fingerprint density at radius 2 is 1.89 bits per heavy atom. The molecule has 0 aliphatic heterocycles. The van der Waals surface area contributed by atoms with Crippen molar-refractivity contribution in [3.05, 3.63) is 58.9 Å². The van der Waals surface area contributed by atoms with Crippen molar-refractivity contribution in [3.63, 3.8) is 0 Å². The summed E-state index contributed by atoms with van der Waals surface area (Å²) in [7, 11) is 1.63. The molecule has 0 aliphatic carbocycles. The summed E-state index contributed by atoms with van der Waals surface area (Å²) < 4.78 is 5.83. The molecule has 0 aliphatic rings. The molecule has 0 heterocycles. The molecule has 0 saturated carbocycles. The first-order valence-corrected chi connectivity index (χ1v) is 11.5. The molecule has 0 aromatic heterocycles. The lowest BCUT2D eigenvalue weighted by Crippen LogP contribution is -2.30. The van der Waals surface area contributed by atoms with Gasteiger partial charge < -0.3 is 15.9 Å². The number of hydrazone groups is 1. The van der Waals surface area contributed by atoms with Gasteiger partial charge in [-0.1, -0.05) is 57.5 Å². The smallest absolute Gasteiger partial charge is 0.289 e. The maximum Gasteiger partial charge on any atom is 0.289 e. The fraction of sp³-hybridized carbons (Fsp3) is 0.423. The van der Waals surface area contributed by atoms with E-state index in [9.17, 15) is 14.4 Å². The van der Waals surface area contributed by atoms with Crippen molar-refractivity contribution < 1.29 is 19.1 Å². The van der Waals surface area contributed by atoms with E-state index in [0.29, 0.717) is 23.6 Å². The molecular formula is C26H35N5O4. The summed E-state index contributed by atoms with van der Waals surface area (Å²) in [4.78, 5) is 37.2. The average molecular weight is 482 g/mol. The Morgan fingerprint density at radius 1 is 1.23 bits per heavy atom. The second-order valence-corrected chi connectivity index (χ2v) is 8.33. The fourth-order valence-corrected chi connectivity index (χ4v) is 3.65. The number of nitrogens with two attached hydrogens (primary N) is 1. The van der Waals surface area contributed by atoms with Gasteiger partial charge in [0.25, 0.3) is 11.8 Å². The van der Waals surface area contributed by atoms with Crippen molar-refractivity contribution in [1.29, 1.82) is 5.26 Å². The number of hydrogen-bond donors (Lipinski definition) is 3. The molecule has 2 atom stereocenters. The minimum atomic E-state index is -1.07. The van der Waals surface area contributed by atoms with Crippen molar-refractivity contribution >= 4 is 23.3 Å². The van der Waals surface area contributed by atoms with Crippen LogP contribution in [0.25, 0.3) is 0 Å². The van der Waals surface area contributed by atoms with Gasteiger partial charge in [-0.2, -0.15) is 10.4 Å². The SMILES string of the molecule is CCC(C)CC(C)/C(C(=O)C(N)=O)=C(Cc1ccccc1)/C(=C\C(C)=N/NC)OCC(=O)NC#N. The molecule has 0 radical (unpaired) electrons. The van der Waals surface area contributed by atoms with E-state index in [2.05, 4.69) is 24.4 Å². The maximum absolute atomic E-state index is 13.2. The van der Waals surface area contributed by atoms with Crippen LogP contribution in [0.4, 0.5) is 0 Å². The van der Waals surface area contributed by atoms with E-state index in [4.69, 9.17) is 15.7 Å². The summed E-state index contributed by atoms with van der Waals surface area (Å²) in [5.74, 6) is -2.35. The highest BCUT2D eigenvalue weighted by molar-refractivity contribution is 6.42. The van der Waals surface area contributed by atoms with E-state index in [1.807, 2.05) is 42.6 Å². The summed E-state index contributed by atoms with van der Waals surface area (Å²) in [5, 5.41) is 14.9. The molecule has 2 unspecified atom stereocenters. The van der Waals surface area contributed by atoms with E-state index < -0.39 is 24.2 Å². The van der Waals surface area contributed by atoms with Gasteiger partial charge in [0.1, 0.15) is 5.76 Å². The standard InChI is InChI=1S/C26H35N5O4/c1-6-17(2)12-18(3)24(25(33)26(28)34)21(14-20-10-8-7-9-11-20)22(13-19(4)31-29-5)35-15-23(32)30-16-27/h7-11,13,17-18,29H,6,12,14-15H2,1-5H3,(H2,28,34)(H,30,32)/b22-13+,24-21-,31-19-. The molecule has 2 amide bonds. The Morgan fingerprint density at radius 3 is 2.43 bits per heavy atom. The lowest BCUT2D eigenvalue weighted by atomic mass is 9.82. The number of allylic oxidation sites excluding steroid dienone is 2. The van der Waals surface area contributed by atoms with Crippen molar-refractivity contribution in [3.8, 4) is 6.19 Å². The average Bonchev–Trinajstić information content (AvgIpc) is 2.82. The van der Waals surface area contributed by atoms with Gasteiger partial charge >= 0.3 is 0 Å². The van der Waals surface area contributed by atoms with Crippen LogP contribution >= 0.6 is 0 Å². The molecule has 4 N–H and O–H groups in total. The van der Waals surface area contributed by atoms with Crippen molar-refractivity contribution in [2.45, 2.75) is 47.0 Å². The van der Waals surface area contributed by atoms with Crippen LogP contribution in [-0.2, 0) is 25.5 Å². The zero-order chi connectivity index (χ0) is 26.4. The number of primary amides is 1. The highest BCUT2D eigenvalue weighted by Gasteiger charge is 2.29. The number of Topliss-reactive ketones (excluding diaryl/α,β-unsaturated/α-hetero) is 1.